The number of benzene rings is 1. The van der Waals surface area contributed by atoms with Crippen molar-refractivity contribution in [1.82, 2.24) is 4.90 Å². The monoisotopic (exact) mass is 394 g/mol. The van der Waals surface area contributed by atoms with Gasteiger partial charge in [0, 0.05) is 11.0 Å². The fourth-order valence-corrected chi connectivity index (χ4v) is 3.14. The molecule has 1 atom stereocenters. The van der Waals surface area contributed by atoms with Gasteiger partial charge in [-0.1, -0.05) is 23.2 Å². The van der Waals surface area contributed by atoms with E-state index in [0.717, 1.165) is 0 Å². The lowest BCUT2D eigenvalue weighted by molar-refractivity contribution is -0.146. The van der Waals surface area contributed by atoms with Crippen LogP contribution in [0.3, 0.4) is 0 Å². The first-order valence-corrected chi connectivity index (χ1v) is 7.78. The highest BCUT2D eigenvalue weighted by Crippen LogP contribution is 2.37. The van der Waals surface area contributed by atoms with Gasteiger partial charge < -0.3 is 15.3 Å². The number of anilines is 1. The molecule has 21 heavy (non-hydrogen) atoms. The summed E-state index contributed by atoms with van der Waals surface area (Å²) in [5, 5.41) is 12.4. The molecule has 0 aliphatic carbocycles. The molecule has 5 nitrogen and oxygen atoms in total. The van der Waals surface area contributed by atoms with Gasteiger partial charge in [-0.2, -0.15) is 0 Å². The fourth-order valence-electron chi connectivity index (χ4n) is 2.32. The molecule has 0 radical (unpaired) electrons. The zero-order valence-corrected chi connectivity index (χ0v) is 14.2. The van der Waals surface area contributed by atoms with Crippen molar-refractivity contribution in [2.45, 2.75) is 25.3 Å². The van der Waals surface area contributed by atoms with Crippen molar-refractivity contribution < 1.29 is 14.7 Å². The Morgan fingerprint density at radius 3 is 2.67 bits per heavy atom. The molecule has 114 valence electrons. The summed E-state index contributed by atoms with van der Waals surface area (Å²) in [6.07, 6.45) is 1.07. The number of carboxylic acids is 1. The summed E-state index contributed by atoms with van der Waals surface area (Å²) >= 11 is 15.3. The number of likely N-dealkylation sites (tertiary alicyclic amines) is 1. The SMILES string of the molecule is CC1(C(=O)O)CCCN1C(=O)Nc1ccc(Br)c(Cl)c1Cl. The summed E-state index contributed by atoms with van der Waals surface area (Å²) in [5.74, 6) is -1.02. The number of hydrogen-bond donors (Lipinski definition) is 2. The van der Waals surface area contributed by atoms with E-state index in [4.69, 9.17) is 23.2 Å². The van der Waals surface area contributed by atoms with Gasteiger partial charge in [0.2, 0.25) is 0 Å². The number of rotatable bonds is 2. The molecule has 2 amide bonds. The number of nitrogens with one attached hydrogen (secondary N) is 1. The van der Waals surface area contributed by atoms with Crippen molar-refractivity contribution in [2.75, 3.05) is 11.9 Å². The van der Waals surface area contributed by atoms with Crippen LogP contribution in [0.1, 0.15) is 19.8 Å². The third-order valence-electron chi connectivity index (χ3n) is 3.62. The number of carbonyl (C=O) groups is 2. The normalized spacial score (nSPS) is 21.4. The van der Waals surface area contributed by atoms with Crippen molar-refractivity contribution in [3.8, 4) is 0 Å². The number of carboxylic acid groups (broad SMARTS) is 1. The van der Waals surface area contributed by atoms with Crippen LogP contribution in [0.5, 0.6) is 0 Å². The van der Waals surface area contributed by atoms with E-state index in [9.17, 15) is 14.7 Å². The van der Waals surface area contributed by atoms with Crippen molar-refractivity contribution >= 4 is 56.8 Å². The number of urea groups is 1. The van der Waals surface area contributed by atoms with Crippen molar-refractivity contribution in [1.29, 1.82) is 0 Å². The number of carbonyl (C=O) groups excluding carboxylic acids is 1. The molecule has 8 heteroatoms. The van der Waals surface area contributed by atoms with Crippen LogP contribution in [0.4, 0.5) is 10.5 Å². The summed E-state index contributed by atoms with van der Waals surface area (Å²) in [5.41, 5.74) is -0.857. The molecular weight excluding hydrogens is 383 g/mol. The van der Waals surface area contributed by atoms with Gasteiger partial charge in [-0.05, 0) is 47.8 Å². The van der Waals surface area contributed by atoms with E-state index in [-0.39, 0.29) is 10.0 Å². The standard InChI is InChI=1S/C13H13BrCl2N2O3/c1-13(11(19)20)5-2-6-18(13)12(21)17-8-4-3-7(14)9(15)10(8)16/h3-4H,2,5-6H2,1H3,(H,17,21)(H,19,20). The molecule has 1 aliphatic heterocycles. The maximum atomic E-state index is 12.3. The molecule has 1 aromatic rings. The zero-order chi connectivity index (χ0) is 15.8. The van der Waals surface area contributed by atoms with Gasteiger partial charge in [0.05, 0.1) is 15.7 Å². The molecular formula is C13H13BrCl2N2O3. The zero-order valence-electron chi connectivity index (χ0n) is 11.1. The van der Waals surface area contributed by atoms with Crippen LogP contribution in [0, 0.1) is 0 Å². The Kier molecular flexibility index (Phi) is 4.70. The Morgan fingerprint density at radius 1 is 1.38 bits per heavy atom. The lowest BCUT2D eigenvalue weighted by atomic mass is 10.00. The van der Waals surface area contributed by atoms with Gasteiger partial charge >= 0.3 is 12.0 Å². The van der Waals surface area contributed by atoms with Crippen LogP contribution in [0.25, 0.3) is 0 Å². The average molecular weight is 396 g/mol. The first-order chi connectivity index (χ1) is 9.77. The minimum Gasteiger partial charge on any atom is -0.480 e. The van der Waals surface area contributed by atoms with Gasteiger partial charge in [-0.15, -0.1) is 0 Å². The fraction of sp³-hybridized carbons (Fsp3) is 0.385. The smallest absolute Gasteiger partial charge is 0.329 e. The molecule has 2 N–H and O–H groups in total. The second-order valence-corrected chi connectivity index (χ2v) is 6.60. The topological polar surface area (TPSA) is 69.6 Å². The van der Waals surface area contributed by atoms with Crippen LogP contribution in [-0.2, 0) is 4.79 Å². The summed E-state index contributed by atoms with van der Waals surface area (Å²) in [6, 6.07) is 2.76. The van der Waals surface area contributed by atoms with Crippen LogP contribution in [0.2, 0.25) is 10.0 Å². The van der Waals surface area contributed by atoms with Crippen LogP contribution in [0.15, 0.2) is 16.6 Å². The quantitative estimate of drug-likeness (QED) is 0.736. The van der Waals surface area contributed by atoms with E-state index in [0.29, 0.717) is 29.5 Å². The molecule has 1 saturated heterocycles. The van der Waals surface area contributed by atoms with Crippen LogP contribution >= 0.6 is 39.1 Å². The van der Waals surface area contributed by atoms with Gasteiger partial charge in [-0.3, -0.25) is 0 Å². The highest BCUT2D eigenvalue weighted by Gasteiger charge is 2.46. The number of hydrogen-bond acceptors (Lipinski definition) is 2. The molecule has 1 aliphatic rings. The maximum absolute atomic E-state index is 12.3. The summed E-state index contributed by atoms with van der Waals surface area (Å²) in [6.45, 7) is 1.93. The van der Waals surface area contributed by atoms with Gasteiger partial charge in [0.15, 0.2) is 0 Å². The largest absolute Gasteiger partial charge is 0.480 e. The summed E-state index contributed by atoms with van der Waals surface area (Å²) in [7, 11) is 0. The number of aliphatic carboxylic acids is 1. The van der Waals surface area contributed by atoms with Gasteiger partial charge in [-0.25, -0.2) is 9.59 Å². The van der Waals surface area contributed by atoms with Crippen LogP contribution in [-0.4, -0.2) is 34.1 Å². The van der Waals surface area contributed by atoms with Crippen molar-refractivity contribution in [3.05, 3.63) is 26.7 Å². The minimum absolute atomic E-state index is 0.204. The number of nitrogens with zero attached hydrogens (tertiary/aromatic N) is 1. The van der Waals surface area contributed by atoms with E-state index in [1.54, 1.807) is 12.1 Å². The van der Waals surface area contributed by atoms with Crippen molar-refractivity contribution in [2.24, 2.45) is 0 Å². The van der Waals surface area contributed by atoms with Gasteiger partial charge in [0.25, 0.3) is 0 Å². The second-order valence-electron chi connectivity index (χ2n) is 4.99. The summed E-state index contributed by atoms with van der Waals surface area (Å²) < 4.78 is 0.615. The number of halogens is 3. The summed E-state index contributed by atoms with van der Waals surface area (Å²) in [4.78, 5) is 25.0. The first kappa shape index (κ1) is 16.4. The van der Waals surface area contributed by atoms with E-state index < -0.39 is 17.5 Å². The highest BCUT2D eigenvalue weighted by atomic mass is 79.9. The third-order valence-corrected chi connectivity index (χ3v) is 5.39. The average Bonchev–Trinajstić information content (AvgIpc) is 2.83. The predicted molar refractivity (Wildman–Crippen MR) is 85.2 cm³/mol. The Morgan fingerprint density at radius 2 is 2.05 bits per heavy atom. The second kappa shape index (κ2) is 6.02. The molecule has 0 aromatic heterocycles. The molecule has 1 heterocycles. The van der Waals surface area contributed by atoms with Gasteiger partial charge in [0.1, 0.15) is 5.54 Å². The Balaban J connectivity index is 2.23. The molecule has 1 fully saturated rings. The first-order valence-electron chi connectivity index (χ1n) is 6.23. The Labute approximate surface area is 140 Å². The van der Waals surface area contributed by atoms with E-state index in [1.165, 1.54) is 11.8 Å². The van der Waals surface area contributed by atoms with E-state index in [1.807, 2.05) is 0 Å². The molecule has 0 saturated carbocycles. The number of amides is 2. The van der Waals surface area contributed by atoms with E-state index >= 15 is 0 Å². The molecule has 0 spiro atoms. The minimum atomic E-state index is -1.20. The molecule has 0 bridgehead atoms. The molecule has 2 rings (SSSR count). The third kappa shape index (κ3) is 2.98. The maximum Gasteiger partial charge on any atom is 0.329 e. The molecule has 1 aromatic carbocycles. The Bertz CT molecular complexity index is 611. The molecule has 1 unspecified atom stereocenters. The van der Waals surface area contributed by atoms with E-state index in [2.05, 4.69) is 21.2 Å². The van der Waals surface area contributed by atoms with Crippen molar-refractivity contribution in [3.63, 3.8) is 0 Å². The lowest BCUT2D eigenvalue weighted by Crippen LogP contribution is -2.52. The lowest BCUT2D eigenvalue weighted by Gasteiger charge is -2.31. The highest BCUT2D eigenvalue weighted by molar-refractivity contribution is 9.10. The van der Waals surface area contributed by atoms with Crippen LogP contribution < -0.4 is 5.32 Å². The Hall–Kier alpha value is -0.980. The predicted octanol–water partition coefficient (Wildman–Crippen LogP) is 4.23.